The number of carbonyl (C=O) groups excluding carboxylic acids is 1. The molecule has 0 spiro atoms. The normalized spacial score (nSPS) is 10.8. The summed E-state index contributed by atoms with van der Waals surface area (Å²) in [7, 11) is 0. The molecule has 1 N–H and O–H groups in total. The Hall–Kier alpha value is -2.64. The van der Waals surface area contributed by atoms with Crippen LogP contribution in [0, 0.1) is 0 Å². The number of carbonyl (C=O) groups is 1. The molecule has 0 unspecified atom stereocenters. The smallest absolute Gasteiger partial charge is 0.244 e. The molecule has 0 aliphatic carbocycles. The van der Waals surface area contributed by atoms with E-state index in [2.05, 4.69) is 42.4 Å². The van der Waals surface area contributed by atoms with Gasteiger partial charge in [0.25, 0.3) is 0 Å². The summed E-state index contributed by atoms with van der Waals surface area (Å²) in [5.41, 5.74) is 5.34. The quantitative estimate of drug-likeness (QED) is 0.270. The average Bonchev–Trinajstić information content (AvgIpc) is 2.75. The Morgan fingerprint density at radius 2 is 1.65 bits per heavy atom. The summed E-state index contributed by atoms with van der Waals surface area (Å²) in [5, 5.41) is 4.06. The fourth-order valence-corrected chi connectivity index (χ4v) is 4.25. The van der Waals surface area contributed by atoms with Crippen LogP contribution in [0.4, 0.5) is 0 Å². The molecule has 3 rings (SSSR count). The molecule has 0 fully saturated rings. The monoisotopic (exact) mass is 544 g/mol. The van der Waals surface area contributed by atoms with Crippen LogP contribution in [-0.2, 0) is 17.8 Å². The summed E-state index contributed by atoms with van der Waals surface area (Å²) in [5.74, 6) is 1.30. The summed E-state index contributed by atoms with van der Waals surface area (Å²) in [4.78, 5) is 12.1. The molecule has 31 heavy (non-hydrogen) atoms. The maximum Gasteiger partial charge on any atom is 0.244 e. The highest BCUT2D eigenvalue weighted by atomic mass is 79.9. The van der Waals surface area contributed by atoms with E-state index in [1.54, 1.807) is 6.21 Å². The Labute approximate surface area is 198 Å². The van der Waals surface area contributed by atoms with Crippen molar-refractivity contribution >= 4 is 44.0 Å². The van der Waals surface area contributed by atoms with Crippen molar-refractivity contribution in [2.45, 2.75) is 20.0 Å². The number of hydrogen-bond acceptors (Lipinski definition) is 4. The van der Waals surface area contributed by atoms with Crippen molar-refractivity contribution in [1.29, 1.82) is 0 Å². The number of nitrogens with zero attached hydrogens (tertiary/aromatic N) is 1. The van der Waals surface area contributed by atoms with Gasteiger partial charge in [-0.25, -0.2) is 5.43 Å². The first-order chi connectivity index (χ1) is 15.0. The topological polar surface area (TPSA) is 59.9 Å². The predicted octanol–water partition coefficient (Wildman–Crippen LogP) is 5.88. The van der Waals surface area contributed by atoms with E-state index in [0.717, 1.165) is 31.4 Å². The molecule has 0 aliphatic rings. The first kappa shape index (κ1) is 23.0. The zero-order chi connectivity index (χ0) is 22.1. The molecule has 0 saturated heterocycles. The van der Waals surface area contributed by atoms with Gasteiger partial charge in [-0.05, 0) is 79.7 Å². The number of hydrogen-bond donors (Lipinski definition) is 1. The highest BCUT2D eigenvalue weighted by Gasteiger charge is 2.09. The second-order valence-electron chi connectivity index (χ2n) is 6.63. The van der Waals surface area contributed by atoms with Crippen molar-refractivity contribution in [3.63, 3.8) is 0 Å². The van der Waals surface area contributed by atoms with E-state index >= 15 is 0 Å². The molecule has 160 valence electrons. The van der Waals surface area contributed by atoms with Gasteiger partial charge in [-0.2, -0.15) is 5.10 Å². The van der Waals surface area contributed by atoms with Gasteiger partial charge in [0.1, 0.15) is 18.1 Å². The zero-order valence-electron chi connectivity index (χ0n) is 17.0. The molecule has 0 aromatic heterocycles. The van der Waals surface area contributed by atoms with Gasteiger partial charge in [0.15, 0.2) is 0 Å². The molecule has 5 nitrogen and oxygen atoms in total. The van der Waals surface area contributed by atoms with E-state index in [0.29, 0.717) is 19.0 Å². The van der Waals surface area contributed by atoms with Crippen LogP contribution in [0.1, 0.15) is 23.6 Å². The Morgan fingerprint density at radius 3 is 2.29 bits per heavy atom. The summed E-state index contributed by atoms with van der Waals surface area (Å²) < 4.78 is 12.9. The van der Waals surface area contributed by atoms with Crippen LogP contribution in [0.5, 0.6) is 11.5 Å². The van der Waals surface area contributed by atoms with E-state index < -0.39 is 0 Å². The molecule has 7 heteroatoms. The van der Waals surface area contributed by atoms with Crippen molar-refractivity contribution in [1.82, 2.24) is 5.43 Å². The van der Waals surface area contributed by atoms with Crippen LogP contribution in [-0.4, -0.2) is 18.7 Å². The van der Waals surface area contributed by atoms with Crippen molar-refractivity contribution in [3.8, 4) is 11.5 Å². The van der Waals surface area contributed by atoms with Crippen molar-refractivity contribution < 1.29 is 14.3 Å². The standard InChI is InChI=1S/C24H22Br2N2O3/c1-2-30-20-10-8-17(9-11-20)14-23(29)28-27-15-19-12-21(25)24(22(26)13-19)31-16-18-6-4-3-5-7-18/h3-13,15H,2,14,16H2,1H3,(H,28,29)/b27-15+. The molecule has 0 aliphatic heterocycles. The fraction of sp³-hybridized carbons (Fsp3) is 0.167. The molecule has 0 heterocycles. The predicted molar refractivity (Wildman–Crippen MR) is 130 cm³/mol. The van der Waals surface area contributed by atoms with E-state index in [1.807, 2.05) is 73.7 Å². The maximum absolute atomic E-state index is 12.1. The SMILES string of the molecule is CCOc1ccc(CC(=O)N/N=C/c2cc(Br)c(OCc3ccccc3)c(Br)c2)cc1. The van der Waals surface area contributed by atoms with Crippen LogP contribution in [0.15, 0.2) is 80.8 Å². The van der Waals surface area contributed by atoms with Gasteiger partial charge in [-0.15, -0.1) is 0 Å². The summed E-state index contributed by atoms with van der Waals surface area (Å²) >= 11 is 7.08. The minimum atomic E-state index is -0.193. The van der Waals surface area contributed by atoms with Gasteiger partial charge in [0.2, 0.25) is 5.91 Å². The van der Waals surface area contributed by atoms with Gasteiger partial charge in [0, 0.05) is 0 Å². The molecule has 0 atom stereocenters. The second kappa shape index (κ2) is 11.7. The zero-order valence-corrected chi connectivity index (χ0v) is 20.1. The lowest BCUT2D eigenvalue weighted by Crippen LogP contribution is -2.19. The van der Waals surface area contributed by atoms with Crippen LogP contribution >= 0.6 is 31.9 Å². The number of hydrazone groups is 1. The number of halogens is 2. The summed E-state index contributed by atoms with van der Waals surface area (Å²) in [6.07, 6.45) is 1.83. The van der Waals surface area contributed by atoms with Gasteiger partial charge < -0.3 is 9.47 Å². The molecule has 1 amide bonds. The van der Waals surface area contributed by atoms with Crippen LogP contribution in [0.25, 0.3) is 0 Å². The lowest BCUT2D eigenvalue weighted by molar-refractivity contribution is -0.120. The molecule has 0 radical (unpaired) electrons. The third-order valence-corrected chi connectivity index (χ3v) is 5.43. The van der Waals surface area contributed by atoms with Gasteiger partial charge in [-0.3, -0.25) is 4.79 Å². The molecule has 0 saturated carbocycles. The molecule has 3 aromatic rings. The summed E-state index contributed by atoms with van der Waals surface area (Å²) in [6.45, 7) is 3.01. The Morgan fingerprint density at radius 1 is 0.968 bits per heavy atom. The van der Waals surface area contributed by atoms with Crippen LogP contribution < -0.4 is 14.9 Å². The second-order valence-corrected chi connectivity index (χ2v) is 8.34. The maximum atomic E-state index is 12.1. The number of ether oxygens (including phenoxy) is 2. The molecule has 0 bridgehead atoms. The molecular formula is C24H22Br2N2O3. The van der Waals surface area contributed by atoms with Gasteiger partial charge in [-0.1, -0.05) is 42.5 Å². The molecular weight excluding hydrogens is 524 g/mol. The first-order valence-electron chi connectivity index (χ1n) is 9.74. The highest BCUT2D eigenvalue weighted by Crippen LogP contribution is 2.35. The van der Waals surface area contributed by atoms with E-state index in [9.17, 15) is 4.79 Å². The van der Waals surface area contributed by atoms with Crippen molar-refractivity contribution in [3.05, 3.63) is 92.4 Å². The van der Waals surface area contributed by atoms with Crippen molar-refractivity contribution in [2.24, 2.45) is 5.10 Å². The van der Waals surface area contributed by atoms with E-state index in [4.69, 9.17) is 9.47 Å². The lowest BCUT2D eigenvalue weighted by atomic mass is 10.1. The number of rotatable bonds is 9. The number of benzene rings is 3. The fourth-order valence-electron chi connectivity index (χ4n) is 2.80. The minimum absolute atomic E-state index is 0.193. The lowest BCUT2D eigenvalue weighted by Gasteiger charge is -2.11. The Kier molecular flexibility index (Phi) is 8.67. The van der Waals surface area contributed by atoms with E-state index in [-0.39, 0.29) is 12.3 Å². The van der Waals surface area contributed by atoms with Crippen LogP contribution in [0.3, 0.4) is 0 Å². The van der Waals surface area contributed by atoms with E-state index in [1.165, 1.54) is 0 Å². The van der Waals surface area contributed by atoms with Crippen molar-refractivity contribution in [2.75, 3.05) is 6.61 Å². The van der Waals surface area contributed by atoms with Crippen LogP contribution in [0.2, 0.25) is 0 Å². The first-order valence-corrected chi connectivity index (χ1v) is 11.3. The van der Waals surface area contributed by atoms with Gasteiger partial charge in [0.05, 0.1) is 28.2 Å². The van der Waals surface area contributed by atoms with Gasteiger partial charge >= 0.3 is 0 Å². The highest BCUT2D eigenvalue weighted by molar-refractivity contribution is 9.11. The minimum Gasteiger partial charge on any atom is -0.494 e. The third kappa shape index (κ3) is 7.22. The number of amides is 1. The Bertz CT molecular complexity index is 1020. The number of nitrogens with one attached hydrogen (secondary N) is 1. The summed E-state index contributed by atoms with van der Waals surface area (Å²) in [6, 6.07) is 21.2. The average molecular weight is 546 g/mol. The third-order valence-electron chi connectivity index (χ3n) is 4.25. The molecule has 3 aromatic carbocycles. The largest absolute Gasteiger partial charge is 0.494 e. The Balaban J connectivity index is 1.54.